The summed E-state index contributed by atoms with van der Waals surface area (Å²) in [4.78, 5) is 20.6. The predicted octanol–water partition coefficient (Wildman–Crippen LogP) is 0.901. The Balaban J connectivity index is 2.00. The van der Waals surface area contributed by atoms with Crippen LogP contribution in [0.25, 0.3) is 0 Å². The fourth-order valence-corrected chi connectivity index (χ4v) is 2.00. The highest BCUT2D eigenvalue weighted by atomic mass is 16.2. The maximum Gasteiger partial charge on any atom is 0.255 e. The molecule has 2 heterocycles. The van der Waals surface area contributed by atoms with Gasteiger partial charge in [0, 0.05) is 38.9 Å². The van der Waals surface area contributed by atoms with Gasteiger partial charge in [-0.05, 0) is 26.1 Å². The zero-order chi connectivity index (χ0) is 13.0. The van der Waals surface area contributed by atoms with Crippen LogP contribution in [-0.4, -0.2) is 60.5 Å². The van der Waals surface area contributed by atoms with E-state index in [2.05, 4.69) is 22.2 Å². The zero-order valence-electron chi connectivity index (χ0n) is 11.0. The Kier molecular flexibility index (Phi) is 4.15. The second-order valence-corrected chi connectivity index (χ2v) is 4.56. The smallest absolute Gasteiger partial charge is 0.255 e. The van der Waals surface area contributed by atoms with Gasteiger partial charge in [0.1, 0.15) is 5.82 Å². The molecule has 0 radical (unpaired) electrons. The van der Waals surface area contributed by atoms with Gasteiger partial charge in [-0.1, -0.05) is 0 Å². The highest BCUT2D eigenvalue weighted by molar-refractivity contribution is 5.94. The summed E-state index contributed by atoms with van der Waals surface area (Å²) in [6.07, 6.45) is 1.65. The van der Waals surface area contributed by atoms with Crippen molar-refractivity contribution in [1.29, 1.82) is 0 Å². The second kappa shape index (κ2) is 5.82. The highest BCUT2D eigenvalue weighted by Gasteiger charge is 2.20. The van der Waals surface area contributed by atoms with E-state index in [9.17, 15) is 4.79 Å². The molecule has 0 aliphatic carbocycles. The Morgan fingerprint density at radius 3 is 2.61 bits per heavy atom. The Morgan fingerprint density at radius 2 is 2.06 bits per heavy atom. The molecule has 1 aromatic rings. The number of nitrogens with zero attached hydrogens (tertiary/aromatic N) is 3. The SMILES string of the molecule is CCNc1ccc(C(=O)N2CCN(C)CC2)cn1. The lowest BCUT2D eigenvalue weighted by atomic mass is 10.2. The molecule has 5 nitrogen and oxygen atoms in total. The van der Waals surface area contributed by atoms with Gasteiger partial charge in [0.25, 0.3) is 5.91 Å². The van der Waals surface area contributed by atoms with Crippen molar-refractivity contribution < 1.29 is 4.79 Å². The van der Waals surface area contributed by atoms with Crippen molar-refractivity contribution in [3.8, 4) is 0 Å². The van der Waals surface area contributed by atoms with E-state index in [1.54, 1.807) is 6.20 Å². The van der Waals surface area contributed by atoms with Crippen LogP contribution in [0.4, 0.5) is 5.82 Å². The van der Waals surface area contributed by atoms with E-state index >= 15 is 0 Å². The van der Waals surface area contributed by atoms with Gasteiger partial charge in [-0.3, -0.25) is 4.79 Å². The molecule has 1 amide bonds. The van der Waals surface area contributed by atoms with E-state index in [0.717, 1.165) is 38.5 Å². The van der Waals surface area contributed by atoms with Crippen LogP contribution in [0.5, 0.6) is 0 Å². The number of carbonyl (C=O) groups excluding carboxylic acids is 1. The number of nitrogens with one attached hydrogen (secondary N) is 1. The molecule has 0 aromatic carbocycles. The average molecular weight is 248 g/mol. The summed E-state index contributed by atoms with van der Waals surface area (Å²) in [7, 11) is 2.08. The second-order valence-electron chi connectivity index (χ2n) is 4.56. The Morgan fingerprint density at radius 1 is 1.33 bits per heavy atom. The van der Waals surface area contributed by atoms with Crippen molar-refractivity contribution in [2.75, 3.05) is 45.1 Å². The largest absolute Gasteiger partial charge is 0.370 e. The number of anilines is 1. The predicted molar refractivity (Wildman–Crippen MR) is 71.8 cm³/mol. The van der Waals surface area contributed by atoms with E-state index < -0.39 is 0 Å². The molecule has 98 valence electrons. The normalized spacial score (nSPS) is 16.7. The summed E-state index contributed by atoms with van der Waals surface area (Å²) in [6.45, 7) is 6.32. The lowest BCUT2D eigenvalue weighted by Gasteiger charge is -2.32. The fourth-order valence-electron chi connectivity index (χ4n) is 2.00. The molecule has 1 fully saturated rings. The van der Waals surface area contributed by atoms with E-state index in [4.69, 9.17) is 0 Å². The summed E-state index contributed by atoms with van der Waals surface area (Å²) >= 11 is 0. The van der Waals surface area contributed by atoms with E-state index in [-0.39, 0.29) is 5.91 Å². The summed E-state index contributed by atoms with van der Waals surface area (Å²) in [6, 6.07) is 3.69. The molecule has 1 saturated heterocycles. The topological polar surface area (TPSA) is 48.5 Å². The quantitative estimate of drug-likeness (QED) is 0.863. The molecule has 0 bridgehead atoms. The minimum absolute atomic E-state index is 0.0821. The molecule has 0 unspecified atom stereocenters. The molecule has 0 spiro atoms. The molecule has 1 N–H and O–H groups in total. The standard InChI is InChI=1S/C13H20N4O/c1-3-14-12-5-4-11(10-15-12)13(18)17-8-6-16(2)7-9-17/h4-5,10H,3,6-9H2,1-2H3,(H,14,15). The van der Waals surface area contributed by atoms with E-state index in [1.165, 1.54) is 0 Å². The number of amides is 1. The number of rotatable bonds is 3. The maximum absolute atomic E-state index is 12.2. The first-order valence-electron chi connectivity index (χ1n) is 6.38. The van der Waals surface area contributed by atoms with Gasteiger partial charge in [0.05, 0.1) is 5.56 Å². The molecule has 2 rings (SSSR count). The Bertz CT molecular complexity index is 396. The van der Waals surface area contributed by atoms with Crippen LogP contribution < -0.4 is 5.32 Å². The first-order chi connectivity index (χ1) is 8.70. The number of aromatic nitrogens is 1. The molecule has 1 aliphatic heterocycles. The Labute approximate surface area is 108 Å². The molecule has 5 heteroatoms. The number of piperazine rings is 1. The monoisotopic (exact) mass is 248 g/mol. The molecule has 18 heavy (non-hydrogen) atoms. The van der Waals surface area contributed by atoms with Crippen molar-refractivity contribution >= 4 is 11.7 Å². The third-order valence-electron chi connectivity index (χ3n) is 3.16. The average Bonchev–Trinajstić information content (AvgIpc) is 2.40. The van der Waals surface area contributed by atoms with Crippen molar-refractivity contribution in [3.05, 3.63) is 23.9 Å². The molecule has 1 aliphatic rings. The Hall–Kier alpha value is -1.62. The summed E-state index contributed by atoms with van der Waals surface area (Å²) in [5.41, 5.74) is 0.668. The summed E-state index contributed by atoms with van der Waals surface area (Å²) < 4.78 is 0. The van der Waals surface area contributed by atoms with E-state index in [1.807, 2.05) is 24.0 Å². The summed E-state index contributed by atoms with van der Waals surface area (Å²) in [5, 5.41) is 3.12. The van der Waals surface area contributed by atoms with Crippen LogP contribution in [0, 0.1) is 0 Å². The van der Waals surface area contributed by atoms with Gasteiger partial charge in [-0.25, -0.2) is 4.98 Å². The molecule has 1 aromatic heterocycles. The van der Waals surface area contributed by atoms with Crippen molar-refractivity contribution in [2.24, 2.45) is 0 Å². The van der Waals surface area contributed by atoms with Gasteiger partial charge in [-0.2, -0.15) is 0 Å². The van der Waals surface area contributed by atoms with E-state index in [0.29, 0.717) is 5.56 Å². The van der Waals surface area contributed by atoms with Crippen LogP contribution in [0.3, 0.4) is 0 Å². The minimum atomic E-state index is 0.0821. The number of likely N-dealkylation sites (N-methyl/N-ethyl adjacent to an activating group) is 1. The maximum atomic E-state index is 12.2. The van der Waals surface area contributed by atoms with Gasteiger partial charge in [-0.15, -0.1) is 0 Å². The first-order valence-corrected chi connectivity index (χ1v) is 6.38. The van der Waals surface area contributed by atoms with Crippen LogP contribution in [0.2, 0.25) is 0 Å². The molecular weight excluding hydrogens is 228 g/mol. The fraction of sp³-hybridized carbons (Fsp3) is 0.538. The third-order valence-corrected chi connectivity index (χ3v) is 3.16. The van der Waals surface area contributed by atoms with Gasteiger partial charge < -0.3 is 15.1 Å². The lowest BCUT2D eigenvalue weighted by Crippen LogP contribution is -2.47. The summed E-state index contributed by atoms with van der Waals surface area (Å²) in [5.74, 6) is 0.895. The van der Waals surface area contributed by atoms with Gasteiger partial charge >= 0.3 is 0 Å². The van der Waals surface area contributed by atoms with Crippen LogP contribution in [0.15, 0.2) is 18.3 Å². The first kappa shape index (κ1) is 12.8. The molecule has 0 saturated carbocycles. The van der Waals surface area contributed by atoms with Crippen LogP contribution >= 0.6 is 0 Å². The molecule has 0 atom stereocenters. The minimum Gasteiger partial charge on any atom is -0.370 e. The van der Waals surface area contributed by atoms with Gasteiger partial charge in [0.15, 0.2) is 0 Å². The number of carbonyl (C=O) groups is 1. The number of pyridine rings is 1. The van der Waals surface area contributed by atoms with Crippen molar-refractivity contribution in [2.45, 2.75) is 6.92 Å². The lowest BCUT2D eigenvalue weighted by molar-refractivity contribution is 0.0663. The van der Waals surface area contributed by atoms with Crippen LogP contribution in [-0.2, 0) is 0 Å². The van der Waals surface area contributed by atoms with Crippen molar-refractivity contribution in [3.63, 3.8) is 0 Å². The van der Waals surface area contributed by atoms with Gasteiger partial charge in [0.2, 0.25) is 0 Å². The molecular formula is C13H20N4O. The number of hydrogen-bond acceptors (Lipinski definition) is 4. The highest BCUT2D eigenvalue weighted by Crippen LogP contribution is 2.09. The zero-order valence-corrected chi connectivity index (χ0v) is 11.0. The van der Waals surface area contributed by atoms with Crippen molar-refractivity contribution in [1.82, 2.24) is 14.8 Å². The number of hydrogen-bond donors (Lipinski definition) is 1. The third kappa shape index (κ3) is 2.98. The van der Waals surface area contributed by atoms with Crippen LogP contribution in [0.1, 0.15) is 17.3 Å².